The van der Waals surface area contributed by atoms with Crippen LogP contribution in [0, 0.1) is 5.41 Å². The van der Waals surface area contributed by atoms with Gasteiger partial charge in [0.1, 0.15) is 11.5 Å². The van der Waals surface area contributed by atoms with Gasteiger partial charge in [-0.3, -0.25) is 14.6 Å². The number of aliphatic hydroxyl groups excluding tert-OH is 1. The molecule has 0 radical (unpaired) electrons. The summed E-state index contributed by atoms with van der Waals surface area (Å²) in [5, 5.41) is 15.2. The molecular formula is C28H34N2O4. The Hall–Kier alpha value is -3.02. The van der Waals surface area contributed by atoms with Crippen molar-refractivity contribution in [2.75, 3.05) is 0 Å². The van der Waals surface area contributed by atoms with Gasteiger partial charge in [-0.2, -0.15) is 0 Å². The molecule has 2 aliphatic carbocycles. The summed E-state index contributed by atoms with van der Waals surface area (Å²) in [6, 6.07) is 9.98. The number of benzene rings is 1. The maximum absolute atomic E-state index is 13.2. The van der Waals surface area contributed by atoms with Crippen LogP contribution < -0.4 is 0 Å². The van der Waals surface area contributed by atoms with Crippen LogP contribution in [0.5, 0.6) is 0 Å². The van der Waals surface area contributed by atoms with E-state index < -0.39 is 0 Å². The van der Waals surface area contributed by atoms with Crippen LogP contribution in [0.4, 0.5) is 0 Å². The van der Waals surface area contributed by atoms with Crippen molar-refractivity contribution in [1.29, 1.82) is 0 Å². The average molecular weight is 463 g/mol. The molecule has 0 aliphatic heterocycles. The van der Waals surface area contributed by atoms with E-state index in [1.807, 2.05) is 65.0 Å². The highest BCUT2D eigenvalue weighted by Crippen LogP contribution is 2.37. The van der Waals surface area contributed by atoms with Crippen LogP contribution in [0.1, 0.15) is 93.6 Å². The number of fused-ring (bicyclic) bond motifs is 1. The first-order chi connectivity index (χ1) is 15.9. The SMILES string of the molecule is CC1(C)CC(=O)c2c(CC/C(O)=C3\C(=O)CC(c4ccccc4)CC3=NC(C)(C)C)noc2C1. The minimum absolute atomic E-state index is 0.0137. The number of aryl methyl sites for hydroxylation is 1. The maximum Gasteiger partial charge on any atom is 0.168 e. The molecule has 1 fully saturated rings. The van der Waals surface area contributed by atoms with E-state index in [1.54, 1.807) is 0 Å². The zero-order valence-corrected chi connectivity index (χ0v) is 20.8. The molecule has 1 aromatic heterocycles. The Morgan fingerprint density at radius 2 is 1.82 bits per heavy atom. The van der Waals surface area contributed by atoms with Gasteiger partial charge in [0.2, 0.25) is 0 Å². The summed E-state index contributed by atoms with van der Waals surface area (Å²) in [4.78, 5) is 30.8. The summed E-state index contributed by atoms with van der Waals surface area (Å²) in [6.45, 7) is 10.0. The average Bonchev–Trinajstić information content (AvgIpc) is 3.13. The number of nitrogens with zero attached hydrogens (tertiary/aromatic N) is 2. The Labute approximate surface area is 201 Å². The first-order valence-corrected chi connectivity index (χ1v) is 12.0. The Kier molecular flexibility index (Phi) is 6.36. The van der Waals surface area contributed by atoms with Crippen molar-refractivity contribution >= 4 is 17.3 Å². The first-order valence-electron chi connectivity index (χ1n) is 12.0. The molecule has 0 bridgehead atoms. The third-order valence-corrected chi connectivity index (χ3v) is 6.46. The molecular weight excluding hydrogens is 428 g/mol. The van der Waals surface area contributed by atoms with Crippen molar-refractivity contribution in [3.63, 3.8) is 0 Å². The van der Waals surface area contributed by atoms with Crippen molar-refractivity contribution in [3.8, 4) is 0 Å². The number of Topliss-reactive ketones (excluding diaryl/α,β-unsaturated/α-hetero) is 2. The van der Waals surface area contributed by atoms with E-state index >= 15 is 0 Å². The summed E-state index contributed by atoms with van der Waals surface area (Å²) in [5.74, 6) is 0.609. The molecule has 0 amide bonds. The lowest BCUT2D eigenvalue weighted by molar-refractivity contribution is -0.116. The molecule has 180 valence electrons. The molecule has 1 atom stereocenters. The molecule has 1 unspecified atom stereocenters. The molecule has 1 heterocycles. The van der Waals surface area contributed by atoms with E-state index in [9.17, 15) is 14.7 Å². The molecule has 1 N–H and O–H groups in total. The third kappa shape index (κ3) is 5.21. The summed E-state index contributed by atoms with van der Waals surface area (Å²) in [5.41, 5.74) is 2.66. The van der Waals surface area contributed by atoms with Gasteiger partial charge < -0.3 is 9.63 Å². The van der Waals surface area contributed by atoms with Crippen molar-refractivity contribution in [3.05, 3.63) is 64.2 Å². The highest BCUT2D eigenvalue weighted by molar-refractivity contribution is 6.24. The van der Waals surface area contributed by atoms with Gasteiger partial charge in [-0.15, -0.1) is 0 Å². The number of allylic oxidation sites excluding steroid dienone is 2. The van der Waals surface area contributed by atoms with E-state index in [0.717, 1.165) is 5.56 Å². The van der Waals surface area contributed by atoms with E-state index in [4.69, 9.17) is 9.52 Å². The lowest BCUT2D eigenvalue weighted by Crippen LogP contribution is -2.29. The van der Waals surface area contributed by atoms with Crippen LogP contribution in [-0.4, -0.2) is 33.1 Å². The molecule has 4 rings (SSSR count). The molecule has 0 spiro atoms. The number of aliphatic imine (C=N–C) groups is 1. The second kappa shape index (κ2) is 8.97. The van der Waals surface area contributed by atoms with Gasteiger partial charge in [-0.05, 0) is 44.1 Å². The highest BCUT2D eigenvalue weighted by atomic mass is 16.5. The van der Waals surface area contributed by atoms with Gasteiger partial charge in [0.05, 0.1) is 28.1 Å². The zero-order chi connectivity index (χ0) is 24.7. The lowest BCUT2D eigenvalue weighted by Gasteiger charge is -2.28. The number of ketones is 2. The molecule has 6 nitrogen and oxygen atoms in total. The van der Waals surface area contributed by atoms with Gasteiger partial charge in [0, 0.05) is 32.1 Å². The van der Waals surface area contributed by atoms with Crippen LogP contribution >= 0.6 is 0 Å². The van der Waals surface area contributed by atoms with E-state index in [0.29, 0.717) is 60.4 Å². The number of aromatic nitrogens is 1. The topological polar surface area (TPSA) is 92.8 Å². The molecule has 1 aromatic carbocycles. The number of carbonyl (C=O) groups is 2. The van der Waals surface area contributed by atoms with Crippen LogP contribution in [0.25, 0.3) is 0 Å². The first kappa shape index (κ1) is 24.1. The molecule has 2 aromatic rings. The minimum Gasteiger partial charge on any atom is -0.511 e. The normalized spacial score (nSPS) is 23.2. The number of rotatable bonds is 4. The number of hydrogen-bond acceptors (Lipinski definition) is 6. The second-order valence-corrected chi connectivity index (χ2v) is 11.4. The van der Waals surface area contributed by atoms with Crippen molar-refractivity contribution in [2.45, 2.75) is 84.6 Å². The van der Waals surface area contributed by atoms with Gasteiger partial charge in [0.15, 0.2) is 11.6 Å². The Morgan fingerprint density at radius 3 is 2.50 bits per heavy atom. The molecule has 0 saturated heterocycles. The molecule has 6 heteroatoms. The van der Waals surface area contributed by atoms with E-state index in [-0.39, 0.29) is 40.6 Å². The van der Waals surface area contributed by atoms with Crippen molar-refractivity contribution < 1.29 is 19.2 Å². The van der Waals surface area contributed by atoms with E-state index in [1.165, 1.54) is 0 Å². The van der Waals surface area contributed by atoms with Crippen LogP contribution in [0.15, 0.2) is 51.2 Å². The standard InChI is InChI=1S/C28H34N2O4/c1-27(2,3)29-20-13-18(17-9-7-6-8-10-17)14-22(32)25(20)21(31)12-11-19-26-23(33)15-28(4,5)16-24(26)34-30-19/h6-10,18,31H,11-16H2,1-5H3/b25-21+,29-20?. The minimum atomic E-state index is -0.385. The number of carbonyl (C=O) groups excluding carboxylic acids is 2. The van der Waals surface area contributed by atoms with Crippen LogP contribution in [0.3, 0.4) is 0 Å². The maximum atomic E-state index is 13.2. The van der Waals surface area contributed by atoms with Gasteiger partial charge >= 0.3 is 0 Å². The van der Waals surface area contributed by atoms with Crippen LogP contribution in [0.2, 0.25) is 0 Å². The zero-order valence-electron chi connectivity index (χ0n) is 20.8. The smallest absolute Gasteiger partial charge is 0.168 e. The van der Waals surface area contributed by atoms with Crippen LogP contribution in [-0.2, 0) is 17.6 Å². The lowest BCUT2D eigenvalue weighted by atomic mass is 9.76. The van der Waals surface area contributed by atoms with Gasteiger partial charge in [0.25, 0.3) is 0 Å². The fourth-order valence-corrected chi connectivity index (χ4v) is 5.04. The molecule has 2 aliphatic rings. The number of aliphatic hydroxyl groups is 1. The van der Waals surface area contributed by atoms with E-state index in [2.05, 4.69) is 5.16 Å². The summed E-state index contributed by atoms with van der Waals surface area (Å²) in [7, 11) is 0. The predicted molar refractivity (Wildman–Crippen MR) is 132 cm³/mol. The predicted octanol–water partition coefficient (Wildman–Crippen LogP) is 5.96. The summed E-state index contributed by atoms with van der Waals surface area (Å²) in [6.07, 6.45) is 2.58. The molecule has 1 saturated carbocycles. The largest absolute Gasteiger partial charge is 0.511 e. The van der Waals surface area contributed by atoms with Crippen molar-refractivity contribution in [2.24, 2.45) is 10.4 Å². The fourth-order valence-electron chi connectivity index (χ4n) is 5.04. The third-order valence-electron chi connectivity index (χ3n) is 6.46. The van der Waals surface area contributed by atoms with Gasteiger partial charge in [-0.1, -0.05) is 49.3 Å². The highest BCUT2D eigenvalue weighted by Gasteiger charge is 2.37. The fraction of sp³-hybridized carbons (Fsp3) is 0.500. The second-order valence-electron chi connectivity index (χ2n) is 11.4. The summed E-state index contributed by atoms with van der Waals surface area (Å²) < 4.78 is 5.48. The Bertz CT molecular complexity index is 1160. The Balaban J connectivity index is 1.60. The quantitative estimate of drug-likeness (QED) is 0.447. The monoisotopic (exact) mass is 462 g/mol. The Morgan fingerprint density at radius 1 is 1.12 bits per heavy atom. The summed E-state index contributed by atoms with van der Waals surface area (Å²) >= 11 is 0. The van der Waals surface area contributed by atoms with Gasteiger partial charge in [-0.25, -0.2) is 0 Å². The number of hydrogen-bond donors (Lipinski definition) is 1. The molecule has 34 heavy (non-hydrogen) atoms. The van der Waals surface area contributed by atoms with Crippen molar-refractivity contribution in [1.82, 2.24) is 5.16 Å².